The fourth-order valence-corrected chi connectivity index (χ4v) is 1.82. The van der Waals surface area contributed by atoms with E-state index in [4.69, 9.17) is 5.11 Å². The van der Waals surface area contributed by atoms with Gasteiger partial charge in [-0.05, 0) is 32.6 Å². The number of nitrogens with zero attached hydrogens (tertiary/aromatic N) is 2. The highest BCUT2D eigenvalue weighted by Gasteiger charge is 2.32. The van der Waals surface area contributed by atoms with Crippen LogP contribution in [-0.4, -0.2) is 27.1 Å². The van der Waals surface area contributed by atoms with Gasteiger partial charge in [-0.2, -0.15) is 0 Å². The number of anilines is 1. The van der Waals surface area contributed by atoms with Gasteiger partial charge < -0.3 is 10.4 Å². The molecule has 1 atom stereocenters. The maximum absolute atomic E-state index is 10.8. The molecule has 0 aromatic carbocycles. The molecule has 2 rings (SSSR count). The maximum Gasteiger partial charge on any atom is 0.305 e. The van der Waals surface area contributed by atoms with E-state index in [0.717, 1.165) is 24.2 Å². The number of nitrogens with one attached hydrogen (secondary N) is 1. The fraction of sp³-hybridized carbons (Fsp3) is 0.583. The van der Waals surface area contributed by atoms with Crippen molar-refractivity contribution in [2.75, 3.05) is 5.32 Å². The summed E-state index contributed by atoms with van der Waals surface area (Å²) in [4.78, 5) is 19.4. The number of carbonyl (C=O) groups is 1. The second-order valence-electron chi connectivity index (χ2n) is 4.61. The van der Waals surface area contributed by atoms with Crippen LogP contribution in [0.5, 0.6) is 0 Å². The average Bonchev–Trinajstić information content (AvgIpc) is 3.05. The Morgan fingerprint density at radius 2 is 2.24 bits per heavy atom. The summed E-state index contributed by atoms with van der Waals surface area (Å²) in [5.41, 5.74) is 1.77. The standard InChI is InChI=1S/C12H17N3O2/c1-7-8(2)14-11(6-13-7)15-10(5-12(16)17)9-3-4-9/h6,9-10H,3-5H2,1-2H3,(H,14,15)(H,16,17). The minimum atomic E-state index is -0.772. The molecule has 92 valence electrons. The van der Waals surface area contributed by atoms with E-state index in [2.05, 4.69) is 15.3 Å². The Labute approximate surface area is 100 Å². The third-order valence-corrected chi connectivity index (χ3v) is 3.11. The first kappa shape index (κ1) is 11.8. The van der Waals surface area contributed by atoms with Crippen LogP contribution in [0.15, 0.2) is 6.20 Å². The average molecular weight is 235 g/mol. The van der Waals surface area contributed by atoms with E-state index < -0.39 is 5.97 Å². The van der Waals surface area contributed by atoms with Crippen molar-refractivity contribution < 1.29 is 9.90 Å². The van der Waals surface area contributed by atoms with E-state index >= 15 is 0 Å². The first-order chi connectivity index (χ1) is 8.06. The molecule has 1 aliphatic carbocycles. The van der Waals surface area contributed by atoms with Crippen molar-refractivity contribution >= 4 is 11.8 Å². The van der Waals surface area contributed by atoms with E-state index in [1.54, 1.807) is 6.20 Å². The highest BCUT2D eigenvalue weighted by molar-refractivity contribution is 5.68. The molecule has 1 unspecified atom stereocenters. The van der Waals surface area contributed by atoms with Crippen molar-refractivity contribution in [3.63, 3.8) is 0 Å². The number of carboxylic acids is 1. The molecule has 5 heteroatoms. The number of hydrogen-bond donors (Lipinski definition) is 2. The molecule has 1 heterocycles. The largest absolute Gasteiger partial charge is 0.481 e. The first-order valence-corrected chi connectivity index (χ1v) is 5.85. The highest BCUT2D eigenvalue weighted by atomic mass is 16.4. The van der Waals surface area contributed by atoms with Crippen molar-refractivity contribution in [2.45, 2.75) is 39.2 Å². The Kier molecular flexibility index (Phi) is 3.26. The van der Waals surface area contributed by atoms with Gasteiger partial charge in [0.25, 0.3) is 0 Å². The van der Waals surface area contributed by atoms with Gasteiger partial charge in [0, 0.05) is 6.04 Å². The van der Waals surface area contributed by atoms with Gasteiger partial charge in [0.1, 0.15) is 5.82 Å². The van der Waals surface area contributed by atoms with Gasteiger partial charge in [-0.3, -0.25) is 9.78 Å². The molecule has 0 radical (unpaired) electrons. The number of hydrogen-bond acceptors (Lipinski definition) is 4. The van der Waals surface area contributed by atoms with Gasteiger partial charge in [0.05, 0.1) is 24.0 Å². The molecule has 5 nitrogen and oxygen atoms in total. The lowest BCUT2D eigenvalue weighted by Crippen LogP contribution is -2.26. The summed E-state index contributed by atoms with van der Waals surface area (Å²) in [5.74, 6) is 0.368. The van der Waals surface area contributed by atoms with Crippen molar-refractivity contribution in [2.24, 2.45) is 5.92 Å². The molecule has 1 aliphatic rings. The van der Waals surface area contributed by atoms with E-state index in [-0.39, 0.29) is 12.5 Å². The monoisotopic (exact) mass is 235 g/mol. The minimum absolute atomic E-state index is 0.0242. The van der Waals surface area contributed by atoms with Crippen LogP contribution < -0.4 is 5.32 Å². The van der Waals surface area contributed by atoms with Crippen LogP contribution in [0.2, 0.25) is 0 Å². The van der Waals surface area contributed by atoms with Gasteiger partial charge in [-0.1, -0.05) is 0 Å². The summed E-state index contributed by atoms with van der Waals surface area (Å²) < 4.78 is 0. The molecular weight excluding hydrogens is 218 g/mol. The number of rotatable bonds is 5. The van der Waals surface area contributed by atoms with Crippen LogP contribution >= 0.6 is 0 Å². The summed E-state index contributed by atoms with van der Waals surface area (Å²) >= 11 is 0. The number of carboxylic acid groups (broad SMARTS) is 1. The quantitative estimate of drug-likeness (QED) is 0.813. The molecule has 17 heavy (non-hydrogen) atoms. The molecule has 1 saturated carbocycles. The van der Waals surface area contributed by atoms with E-state index in [1.165, 1.54) is 0 Å². The Hall–Kier alpha value is -1.65. The van der Waals surface area contributed by atoms with E-state index in [0.29, 0.717) is 11.7 Å². The maximum atomic E-state index is 10.8. The topological polar surface area (TPSA) is 75.1 Å². The molecule has 1 aromatic heterocycles. The zero-order valence-electron chi connectivity index (χ0n) is 10.1. The zero-order chi connectivity index (χ0) is 12.4. The number of aliphatic carboxylic acids is 1. The predicted octanol–water partition coefficient (Wildman–Crippen LogP) is 1.76. The van der Waals surface area contributed by atoms with Crippen molar-refractivity contribution in [3.05, 3.63) is 17.6 Å². The Morgan fingerprint density at radius 3 is 2.76 bits per heavy atom. The smallest absolute Gasteiger partial charge is 0.305 e. The summed E-state index contributed by atoms with van der Waals surface area (Å²) in [5, 5.41) is 12.0. The fourth-order valence-electron chi connectivity index (χ4n) is 1.82. The number of aromatic nitrogens is 2. The lowest BCUT2D eigenvalue weighted by molar-refractivity contribution is -0.137. The van der Waals surface area contributed by atoms with Gasteiger partial charge in [-0.15, -0.1) is 0 Å². The van der Waals surface area contributed by atoms with Gasteiger partial charge in [0.2, 0.25) is 0 Å². The molecule has 1 fully saturated rings. The third kappa shape index (κ3) is 3.15. The van der Waals surface area contributed by atoms with Crippen LogP contribution in [0.4, 0.5) is 5.82 Å². The van der Waals surface area contributed by atoms with Gasteiger partial charge in [-0.25, -0.2) is 4.98 Å². The minimum Gasteiger partial charge on any atom is -0.481 e. The lowest BCUT2D eigenvalue weighted by atomic mass is 10.1. The molecule has 0 spiro atoms. The molecule has 2 N–H and O–H groups in total. The Balaban J connectivity index is 2.06. The summed E-state index contributed by atoms with van der Waals surface area (Å²) in [7, 11) is 0. The third-order valence-electron chi connectivity index (χ3n) is 3.11. The SMILES string of the molecule is Cc1ncc(NC(CC(=O)O)C2CC2)nc1C. The summed E-state index contributed by atoms with van der Waals surface area (Å²) in [6, 6.07) is -0.0242. The first-order valence-electron chi connectivity index (χ1n) is 5.85. The highest BCUT2D eigenvalue weighted by Crippen LogP contribution is 2.35. The second kappa shape index (κ2) is 4.69. The van der Waals surface area contributed by atoms with Crippen LogP contribution in [-0.2, 0) is 4.79 Å². The van der Waals surface area contributed by atoms with E-state index in [9.17, 15) is 4.79 Å². The van der Waals surface area contributed by atoms with Crippen LogP contribution in [0, 0.1) is 19.8 Å². The summed E-state index contributed by atoms with van der Waals surface area (Å²) in [6.45, 7) is 3.80. The molecule has 0 saturated heterocycles. The second-order valence-corrected chi connectivity index (χ2v) is 4.61. The molecule has 0 bridgehead atoms. The Morgan fingerprint density at radius 1 is 1.53 bits per heavy atom. The molecule has 1 aromatic rings. The molecule has 0 amide bonds. The van der Waals surface area contributed by atoms with Crippen molar-refractivity contribution in [1.29, 1.82) is 0 Å². The van der Waals surface area contributed by atoms with E-state index in [1.807, 2.05) is 13.8 Å². The number of aryl methyl sites for hydroxylation is 2. The normalized spacial score (nSPS) is 16.6. The lowest BCUT2D eigenvalue weighted by Gasteiger charge is -2.17. The van der Waals surface area contributed by atoms with Crippen LogP contribution in [0.3, 0.4) is 0 Å². The van der Waals surface area contributed by atoms with Crippen LogP contribution in [0.1, 0.15) is 30.7 Å². The van der Waals surface area contributed by atoms with Crippen LogP contribution in [0.25, 0.3) is 0 Å². The van der Waals surface area contributed by atoms with Crippen molar-refractivity contribution in [3.8, 4) is 0 Å². The Bertz CT molecular complexity index is 430. The van der Waals surface area contributed by atoms with Gasteiger partial charge in [0.15, 0.2) is 0 Å². The molecular formula is C12H17N3O2. The summed E-state index contributed by atoms with van der Waals surface area (Å²) in [6.07, 6.45) is 4.01. The van der Waals surface area contributed by atoms with Crippen molar-refractivity contribution in [1.82, 2.24) is 9.97 Å². The molecule has 0 aliphatic heterocycles. The van der Waals surface area contributed by atoms with Gasteiger partial charge >= 0.3 is 5.97 Å². The predicted molar refractivity (Wildman–Crippen MR) is 63.9 cm³/mol. The zero-order valence-corrected chi connectivity index (χ0v) is 10.1.